The Labute approximate surface area is 116 Å². The van der Waals surface area contributed by atoms with Crippen LogP contribution in [0.5, 0.6) is 0 Å². The average molecular weight is 280 g/mol. The number of carbonyl (C=O) groups is 2. The summed E-state index contributed by atoms with van der Waals surface area (Å²) in [4.78, 5) is 23.7. The molecule has 1 aliphatic heterocycles. The molecule has 6 heteroatoms. The van der Waals surface area contributed by atoms with Gasteiger partial charge in [0.05, 0.1) is 0 Å². The van der Waals surface area contributed by atoms with Crippen molar-refractivity contribution in [2.75, 3.05) is 6.54 Å². The first-order valence-electron chi connectivity index (χ1n) is 6.49. The van der Waals surface area contributed by atoms with Gasteiger partial charge in [0.2, 0.25) is 0 Å². The third-order valence-corrected chi connectivity index (χ3v) is 3.90. The summed E-state index contributed by atoms with van der Waals surface area (Å²) < 4.78 is 4.27. The molecule has 2 N–H and O–H groups in total. The number of nitrogens with zero attached hydrogens (tertiary/aromatic N) is 1. The molecule has 20 heavy (non-hydrogen) atoms. The molecule has 108 valence electrons. The van der Waals surface area contributed by atoms with Gasteiger partial charge in [0.15, 0.2) is 0 Å². The van der Waals surface area contributed by atoms with Crippen LogP contribution in [0.15, 0.2) is 30.3 Å². The number of carbonyl (C=O) groups excluding carboxylic acids is 1. The van der Waals surface area contributed by atoms with E-state index in [0.29, 0.717) is 0 Å². The highest BCUT2D eigenvalue weighted by atomic mass is 16.6. The molecule has 1 heterocycles. The third-order valence-electron chi connectivity index (χ3n) is 3.90. The van der Waals surface area contributed by atoms with Gasteiger partial charge in [0, 0.05) is 6.42 Å². The maximum absolute atomic E-state index is 12.2. The molecule has 2 amide bonds. The Kier molecular flexibility index (Phi) is 4.06. The third kappa shape index (κ3) is 2.39. The van der Waals surface area contributed by atoms with Crippen molar-refractivity contribution in [3.63, 3.8) is 0 Å². The van der Waals surface area contributed by atoms with E-state index in [0.717, 1.165) is 5.56 Å². The largest absolute Gasteiger partial charge is 0.527 e. The van der Waals surface area contributed by atoms with E-state index < -0.39 is 28.8 Å². The van der Waals surface area contributed by atoms with Crippen LogP contribution in [0.1, 0.15) is 18.9 Å². The Morgan fingerprint density at radius 1 is 1.35 bits per heavy atom. The summed E-state index contributed by atoms with van der Waals surface area (Å²) in [5.41, 5.74) is 0.789. The van der Waals surface area contributed by atoms with Crippen LogP contribution in [0.25, 0.3) is 0 Å². The van der Waals surface area contributed by atoms with Gasteiger partial charge in [-0.25, -0.2) is 0 Å². The standard InChI is InChI=1S/C14H17NO5/c1-10-12(16)7-8-15(10,13(17)18)14(19)20-9-11-5-3-2-4-6-11/h2-6,10,12,16H,7-9H2,1H3/p+1/t10-,12?,15?/m1/s1. The quantitative estimate of drug-likeness (QED) is 0.809. The maximum atomic E-state index is 12.2. The number of hydrogen-bond acceptors (Lipinski definition) is 4. The van der Waals surface area contributed by atoms with Crippen molar-refractivity contribution >= 4 is 12.2 Å². The topological polar surface area (TPSA) is 83.8 Å². The molecule has 6 nitrogen and oxygen atoms in total. The van der Waals surface area contributed by atoms with E-state index in [4.69, 9.17) is 4.74 Å². The number of ether oxygens (including phenoxy) is 1. The number of carboxylic acid groups (broad SMARTS) is 1. The Hall–Kier alpha value is -1.92. The Morgan fingerprint density at radius 2 is 2.00 bits per heavy atom. The molecule has 3 atom stereocenters. The molecule has 1 fully saturated rings. The summed E-state index contributed by atoms with van der Waals surface area (Å²) in [5, 5.41) is 19.1. The fourth-order valence-electron chi connectivity index (χ4n) is 2.51. The van der Waals surface area contributed by atoms with Crippen LogP contribution in [-0.2, 0) is 11.3 Å². The molecule has 0 saturated carbocycles. The highest BCUT2D eigenvalue weighted by Gasteiger charge is 2.58. The number of imide groups is 1. The minimum atomic E-state index is -1.29. The van der Waals surface area contributed by atoms with Crippen LogP contribution >= 0.6 is 0 Å². The molecule has 0 radical (unpaired) electrons. The minimum absolute atomic E-state index is 0.0236. The summed E-state index contributed by atoms with van der Waals surface area (Å²) in [7, 11) is 0. The Balaban J connectivity index is 2.11. The zero-order valence-electron chi connectivity index (χ0n) is 11.2. The Morgan fingerprint density at radius 3 is 2.50 bits per heavy atom. The summed E-state index contributed by atoms with van der Waals surface area (Å²) >= 11 is 0. The molecule has 0 spiro atoms. The van der Waals surface area contributed by atoms with Crippen molar-refractivity contribution in [1.29, 1.82) is 0 Å². The first-order valence-corrected chi connectivity index (χ1v) is 6.49. The van der Waals surface area contributed by atoms with Crippen molar-refractivity contribution < 1.29 is 29.0 Å². The van der Waals surface area contributed by atoms with E-state index in [-0.39, 0.29) is 19.6 Å². The predicted molar refractivity (Wildman–Crippen MR) is 69.9 cm³/mol. The lowest BCUT2D eigenvalue weighted by Gasteiger charge is -2.28. The van der Waals surface area contributed by atoms with Gasteiger partial charge in [0.1, 0.15) is 25.3 Å². The number of aliphatic hydroxyl groups is 1. The summed E-state index contributed by atoms with van der Waals surface area (Å²) in [6.07, 6.45) is -2.65. The summed E-state index contributed by atoms with van der Waals surface area (Å²) in [5.74, 6) is 0. The average Bonchev–Trinajstić information content (AvgIpc) is 2.75. The zero-order chi connectivity index (χ0) is 14.8. The van der Waals surface area contributed by atoms with Gasteiger partial charge in [-0.2, -0.15) is 9.59 Å². The molecule has 1 aromatic carbocycles. The number of aliphatic hydroxyl groups excluding tert-OH is 1. The lowest BCUT2D eigenvalue weighted by atomic mass is 10.2. The number of likely N-dealkylation sites (tertiary alicyclic amines) is 1. The number of rotatable bonds is 2. The maximum Gasteiger partial charge on any atom is 0.527 e. The van der Waals surface area contributed by atoms with Gasteiger partial charge in [-0.05, 0) is 12.5 Å². The monoisotopic (exact) mass is 280 g/mol. The van der Waals surface area contributed by atoms with E-state index in [9.17, 15) is 19.8 Å². The second-order valence-corrected chi connectivity index (χ2v) is 5.01. The first-order chi connectivity index (χ1) is 9.48. The van der Waals surface area contributed by atoms with Gasteiger partial charge in [-0.3, -0.25) is 0 Å². The molecule has 1 aliphatic rings. The number of quaternary nitrogens is 1. The molecule has 1 saturated heterocycles. The van der Waals surface area contributed by atoms with E-state index in [1.807, 2.05) is 18.2 Å². The molecule has 0 bridgehead atoms. The van der Waals surface area contributed by atoms with Crippen LogP contribution in [0.4, 0.5) is 9.59 Å². The van der Waals surface area contributed by atoms with Gasteiger partial charge in [0.25, 0.3) is 0 Å². The fraction of sp³-hybridized carbons (Fsp3) is 0.429. The van der Waals surface area contributed by atoms with E-state index in [2.05, 4.69) is 0 Å². The molecular formula is C14H18NO5+. The van der Waals surface area contributed by atoms with Gasteiger partial charge in [-0.1, -0.05) is 30.3 Å². The van der Waals surface area contributed by atoms with Crippen LogP contribution in [0.3, 0.4) is 0 Å². The highest BCUT2D eigenvalue weighted by molar-refractivity contribution is 5.75. The van der Waals surface area contributed by atoms with E-state index in [1.54, 1.807) is 19.1 Å². The molecular weight excluding hydrogens is 262 g/mol. The Bertz CT molecular complexity index is 504. The van der Waals surface area contributed by atoms with Crippen molar-refractivity contribution in [3.8, 4) is 0 Å². The van der Waals surface area contributed by atoms with Crippen LogP contribution in [-0.4, -0.2) is 45.6 Å². The molecule has 0 aromatic heterocycles. The van der Waals surface area contributed by atoms with Crippen molar-refractivity contribution in [2.45, 2.75) is 32.1 Å². The van der Waals surface area contributed by atoms with Crippen molar-refractivity contribution in [2.24, 2.45) is 0 Å². The van der Waals surface area contributed by atoms with Gasteiger partial charge >= 0.3 is 12.2 Å². The lowest BCUT2D eigenvalue weighted by Crippen LogP contribution is -2.60. The normalized spacial score (nSPS) is 29.1. The van der Waals surface area contributed by atoms with Crippen LogP contribution in [0.2, 0.25) is 0 Å². The summed E-state index contributed by atoms with van der Waals surface area (Å²) in [6.45, 7) is 1.62. The van der Waals surface area contributed by atoms with E-state index in [1.165, 1.54) is 0 Å². The highest BCUT2D eigenvalue weighted by Crippen LogP contribution is 2.29. The minimum Gasteiger partial charge on any atom is -0.435 e. The van der Waals surface area contributed by atoms with Crippen LogP contribution < -0.4 is 0 Å². The summed E-state index contributed by atoms with van der Waals surface area (Å²) in [6, 6.07) is 8.34. The predicted octanol–water partition coefficient (Wildman–Crippen LogP) is 1.97. The molecule has 1 aromatic rings. The smallest absolute Gasteiger partial charge is 0.435 e. The number of amides is 2. The SMILES string of the molecule is C[C@@H]1C(O)CC[N+]1(C(=O)O)C(=O)OCc1ccccc1. The van der Waals surface area contributed by atoms with Crippen LogP contribution in [0, 0.1) is 0 Å². The first kappa shape index (κ1) is 14.5. The van der Waals surface area contributed by atoms with Gasteiger partial charge < -0.3 is 14.9 Å². The second-order valence-electron chi connectivity index (χ2n) is 5.01. The number of hydrogen-bond donors (Lipinski definition) is 2. The van der Waals surface area contributed by atoms with Crippen molar-refractivity contribution in [3.05, 3.63) is 35.9 Å². The molecule has 2 rings (SSSR count). The second kappa shape index (κ2) is 5.60. The lowest BCUT2D eigenvalue weighted by molar-refractivity contribution is -0.798. The zero-order valence-corrected chi connectivity index (χ0v) is 11.2. The van der Waals surface area contributed by atoms with Crippen molar-refractivity contribution in [1.82, 2.24) is 0 Å². The molecule has 0 aliphatic carbocycles. The fourth-order valence-corrected chi connectivity index (χ4v) is 2.51. The number of benzene rings is 1. The molecule has 2 unspecified atom stereocenters. The van der Waals surface area contributed by atoms with Gasteiger partial charge in [-0.15, -0.1) is 4.48 Å². The van der Waals surface area contributed by atoms with E-state index >= 15 is 0 Å².